The number of nitrogens with zero attached hydrogens (tertiary/aromatic N) is 4. The first-order chi connectivity index (χ1) is 15.4. The van der Waals surface area contributed by atoms with Crippen molar-refractivity contribution in [1.82, 2.24) is 19.9 Å². The number of carbonyl (C=O) groups excluding carboxylic acids is 1. The molecule has 0 aliphatic rings. The molecular weight excluding hydrogens is 424 g/mol. The molecule has 2 N–H and O–H groups in total. The van der Waals surface area contributed by atoms with Crippen molar-refractivity contribution in [2.75, 3.05) is 31.8 Å². The van der Waals surface area contributed by atoms with E-state index >= 15 is 0 Å². The molecule has 4 rings (SSSR count). The Labute approximate surface area is 190 Å². The molecular formula is C23H24N6O2S. The molecule has 8 nitrogen and oxygen atoms in total. The quantitative estimate of drug-likeness (QED) is 0.429. The van der Waals surface area contributed by atoms with Crippen LogP contribution in [0.3, 0.4) is 0 Å². The average molecular weight is 449 g/mol. The molecule has 0 radical (unpaired) electrons. The number of benzene rings is 2. The Kier molecular flexibility index (Phi) is 6.29. The van der Waals surface area contributed by atoms with E-state index in [9.17, 15) is 4.79 Å². The number of amides is 1. The number of aromatic nitrogens is 3. The maximum atomic E-state index is 11.6. The molecule has 0 aliphatic carbocycles. The summed E-state index contributed by atoms with van der Waals surface area (Å²) in [5.74, 6) is 1.04. The lowest BCUT2D eigenvalue weighted by atomic mass is 10.1. The van der Waals surface area contributed by atoms with Gasteiger partial charge in [-0.25, -0.2) is 15.0 Å². The molecule has 0 spiro atoms. The van der Waals surface area contributed by atoms with E-state index < -0.39 is 0 Å². The lowest BCUT2D eigenvalue weighted by molar-refractivity contribution is -0.114. The maximum absolute atomic E-state index is 11.6. The number of ether oxygens (including phenoxy) is 1. The highest BCUT2D eigenvalue weighted by Crippen LogP contribution is 2.35. The Morgan fingerprint density at radius 3 is 2.62 bits per heavy atom. The maximum Gasteiger partial charge on any atom is 0.227 e. The molecule has 1 amide bonds. The van der Waals surface area contributed by atoms with Gasteiger partial charge in [-0.3, -0.25) is 4.79 Å². The Morgan fingerprint density at radius 1 is 1.12 bits per heavy atom. The predicted molar refractivity (Wildman–Crippen MR) is 129 cm³/mol. The second-order valence-corrected chi connectivity index (χ2v) is 8.50. The van der Waals surface area contributed by atoms with Crippen LogP contribution in [0.2, 0.25) is 0 Å². The number of methoxy groups -OCH3 is 1. The summed E-state index contributed by atoms with van der Waals surface area (Å²) in [5, 5.41) is 9.82. The highest BCUT2D eigenvalue weighted by Gasteiger charge is 2.12. The minimum absolute atomic E-state index is 0.122. The van der Waals surface area contributed by atoms with Crippen LogP contribution in [0.25, 0.3) is 21.5 Å². The largest absolute Gasteiger partial charge is 0.496 e. The second-order valence-electron chi connectivity index (χ2n) is 7.60. The molecule has 0 unspecified atom stereocenters. The van der Waals surface area contributed by atoms with Crippen LogP contribution < -0.4 is 15.4 Å². The summed E-state index contributed by atoms with van der Waals surface area (Å²) in [6.07, 6.45) is 3.55. The van der Waals surface area contributed by atoms with Crippen molar-refractivity contribution >= 4 is 45.5 Å². The minimum atomic E-state index is -0.122. The van der Waals surface area contributed by atoms with Crippen LogP contribution in [0, 0.1) is 0 Å². The van der Waals surface area contributed by atoms with Crippen molar-refractivity contribution in [2.24, 2.45) is 0 Å². The number of rotatable bonds is 7. The summed E-state index contributed by atoms with van der Waals surface area (Å²) in [7, 11) is 5.63. The fourth-order valence-electron chi connectivity index (χ4n) is 3.44. The number of hydrogen-bond acceptors (Lipinski definition) is 8. The molecule has 2 aromatic heterocycles. The van der Waals surface area contributed by atoms with Gasteiger partial charge < -0.3 is 20.3 Å². The van der Waals surface area contributed by atoms with Crippen molar-refractivity contribution in [2.45, 2.75) is 13.5 Å². The van der Waals surface area contributed by atoms with Crippen LogP contribution in [0.4, 0.5) is 17.3 Å². The Bertz CT molecular complexity index is 1260. The van der Waals surface area contributed by atoms with E-state index in [1.165, 1.54) is 6.92 Å². The van der Waals surface area contributed by atoms with Gasteiger partial charge >= 0.3 is 0 Å². The monoisotopic (exact) mass is 448 g/mol. The zero-order valence-electron chi connectivity index (χ0n) is 18.3. The highest BCUT2D eigenvalue weighted by molar-refractivity contribution is 7.13. The summed E-state index contributed by atoms with van der Waals surface area (Å²) in [5.41, 5.74) is 4.23. The van der Waals surface area contributed by atoms with E-state index in [1.54, 1.807) is 30.8 Å². The molecule has 0 bridgehead atoms. The van der Waals surface area contributed by atoms with Gasteiger partial charge in [-0.2, -0.15) is 0 Å². The zero-order chi connectivity index (χ0) is 22.7. The number of hydrogen-bond donors (Lipinski definition) is 2. The van der Waals surface area contributed by atoms with Crippen molar-refractivity contribution in [3.05, 3.63) is 53.7 Å². The smallest absolute Gasteiger partial charge is 0.227 e. The fraction of sp³-hybridized carbons (Fsp3) is 0.217. The summed E-state index contributed by atoms with van der Waals surface area (Å²) in [4.78, 5) is 27.2. The van der Waals surface area contributed by atoms with Crippen LogP contribution in [-0.4, -0.2) is 47.0 Å². The number of anilines is 3. The molecule has 0 saturated carbocycles. The van der Waals surface area contributed by atoms with Crippen LogP contribution in [0.5, 0.6) is 5.75 Å². The van der Waals surface area contributed by atoms with Crippen LogP contribution in [0.15, 0.2) is 48.1 Å². The standard InChI is InChI=1S/C23H24N6O2S/c1-14(30)26-17-7-15(13-29(2)3)8-18(10-17)27-23-25-12-16-9-19(22-24-5-6-32-22)21(31-4)11-20(16)28-23/h5-12H,13H2,1-4H3,(H,26,30)(H,25,27,28). The van der Waals surface area contributed by atoms with Gasteiger partial charge in [0, 0.05) is 54.1 Å². The lowest BCUT2D eigenvalue weighted by Crippen LogP contribution is -2.12. The summed E-state index contributed by atoms with van der Waals surface area (Å²) >= 11 is 1.55. The Hall–Kier alpha value is -3.56. The highest BCUT2D eigenvalue weighted by atomic mass is 32.1. The van der Waals surface area contributed by atoms with E-state index in [1.807, 2.05) is 49.8 Å². The number of carbonyl (C=O) groups is 1. The molecule has 0 aliphatic heterocycles. The normalized spacial score (nSPS) is 11.0. The van der Waals surface area contributed by atoms with E-state index in [-0.39, 0.29) is 5.91 Å². The van der Waals surface area contributed by atoms with Crippen molar-refractivity contribution < 1.29 is 9.53 Å². The summed E-state index contributed by atoms with van der Waals surface area (Å²) < 4.78 is 5.58. The van der Waals surface area contributed by atoms with Gasteiger partial charge in [0.1, 0.15) is 10.8 Å². The topological polar surface area (TPSA) is 92.3 Å². The molecule has 2 heterocycles. The summed E-state index contributed by atoms with van der Waals surface area (Å²) in [6, 6.07) is 9.72. The lowest BCUT2D eigenvalue weighted by Gasteiger charge is -2.14. The molecule has 164 valence electrons. The first-order valence-electron chi connectivity index (χ1n) is 9.99. The average Bonchev–Trinajstić information content (AvgIpc) is 3.26. The fourth-order valence-corrected chi connectivity index (χ4v) is 4.10. The molecule has 0 saturated heterocycles. The summed E-state index contributed by atoms with van der Waals surface area (Å²) in [6.45, 7) is 2.23. The van der Waals surface area contributed by atoms with E-state index in [0.29, 0.717) is 11.7 Å². The number of fused-ring (bicyclic) bond motifs is 1. The van der Waals surface area contributed by atoms with Gasteiger partial charge in [0.05, 0.1) is 18.2 Å². The Morgan fingerprint density at radius 2 is 1.94 bits per heavy atom. The van der Waals surface area contributed by atoms with Gasteiger partial charge in [-0.05, 0) is 43.9 Å². The van der Waals surface area contributed by atoms with Crippen molar-refractivity contribution in [3.8, 4) is 16.3 Å². The third-order valence-corrected chi connectivity index (χ3v) is 5.44. The number of thiazole rings is 1. The third kappa shape index (κ3) is 5.01. The number of nitrogens with one attached hydrogen (secondary N) is 2. The van der Waals surface area contributed by atoms with Gasteiger partial charge in [0.15, 0.2) is 0 Å². The first-order valence-corrected chi connectivity index (χ1v) is 10.9. The zero-order valence-corrected chi connectivity index (χ0v) is 19.2. The SMILES string of the molecule is COc1cc2nc(Nc3cc(CN(C)C)cc(NC(C)=O)c3)ncc2cc1-c1nccs1. The van der Waals surface area contributed by atoms with Gasteiger partial charge in [-0.1, -0.05) is 0 Å². The van der Waals surface area contributed by atoms with Crippen LogP contribution in [-0.2, 0) is 11.3 Å². The predicted octanol–water partition coefficient (Wildman–Crippen LogP) is 4.53. The van der Waals surface area contributed by atoms with E-state index in [4.69, 9.17) is 4.74 Å². The molecule has 4 aromatic rings. The van der Waals surface area contributed by atoms with Crippen LogP contribution >= 0.6 is 11.3 Å². The van der Waals surface area contributed by atoms with Gasteiger partial charge in [0.2, 0.25) is 11.9 Å². The molecule has 32 heavy (non-hydrogen) atoms. The van der Waals surface area contributed by atoms with Gasteiger partial charge in [-0.15, -0.1) is 11.3 Å². The van der Waals surface area contributed by atoms with Crippen molar-refractivity contribution in [1.29, 1.82) is 0 Å². The molecule has 9 heteroatoms. The molecule has 2 aromatic carbocycles. The first kappa shape index (κ1) is 21.7. The van der Waals surface area contributed by atoms with Crippen molar-refractivity contribution in [3.63, 3.8) is 0 Å². The van der Waals surface area contributed by atoms with Gasteiger partial charge in [0.25, 0.3) is 0 Å². The molecule has 0 fully saturated rings. The third-order valence-electron chi connectivity index (χ3n) is 4.63. The van der Waals surface area contributed by atoms with E-state index in [0.717, 1.165) is 45.0 Å². The minimum Gasteiger partial charge on any atom is -0.496 e. The van der Waals surface area contributed by atoms with E-state index in [2.05, 4.69) is 30.5 Å². The van der Waals surface area contributed by atoms with Crippen LogP contribution in [0.1, 0.15) is 12.5 Å². The Balaban J connectivity index is 1.68. The molecule has 0 atom stereocenters. The second kappa shape index (κ2) is 9.29.